The van der Waals surface area contributed by atoms with E-state index in [0.717, 1.165) is 103 Å². The summed E-state index contributed by atoms with van der Waals surface area (Å²) in [5.74, 6) is 1.56. The molecule has 3 fully saturated rings. The lowest BCUT2D eigenvalue weighted by Gasteiger charge is -2.37. The first-order chi connectivity index (χ1) is 15.5. The molecule has 0 spiro atoms. The van der Waals surface area contributed by atoms with E-state index in [0.29, 0.717) is 6.61 Å². The number of methoxy groups -OCH3 is 1. The zero-order valence-electron chi connectivity index (χ0n) is 19.8. The number of rotatable bonds is 9. The molecule has 180 valence electrons. The van der Waals surface area contributed by atoms with Crippen molar-refractivity contribution in [1.29, 1.82) is 0 Å². The largest absolute Gasteiger partial charge is 0.493 e. The molecular weight excluding hydrogens is 408 g/mol. The minimum atomic E-state index is -0.609. The van der Waals surface area contributed by atoms with Crippen molar-refractivity contribution < 1.29 is 19.3 Å². The van der Waals surface area contributed by atoms with Crippen molar-refractivity contribution in [3.63, 3.8) is 0 Å². The summed E-state index contributed by atoms with van der Waals surface area (Å²) < 4.78 is 17.0. The van der Waals surface area contributed by atoms with Gasteiger partial charge in [0.1, 0.15) is 6.61 Å². The fraction of sp³-hybridized carbons (Fsp3) is 0.750. The number of morpholine rings is 1. The molecule has 0 aliphatic carbocycles. The molecule has 0 bridgehead atoms. The Morgan fingerprint density at radius 2 is 1.75 bits per heavy atom. The highest BCUT2D eigenvalue weighted by molar-refractivity contribution is 5.43. The van der Waals surface area contributed by atoms with Gasteiger partial charge in [0.2, 0.25) is 0 Å². The fourth-order valence-electron chi connectivity index (χ4n) is 4.92. The molecule has 3 saturated heterocycles. The lowest BCUT2D eigenvalue weighted by Crippen LogP contribution is -2.51. The summed E-state index contributed by atoms with van der Waals surface area (Å²) in [5.41, 5.74) is 0.578. The molecule has 3 aliphatic rings. The number of aliphatic hydroxyl groups is 1. The fourth-order valence-corrected chi connectivity index (χ4v) is 4.92. The molecule has 0 aromatic heterocycles. The molecule has 32 heavy (non-hydrogen) atoms. The first-order valence-electron chi connectivity index (χ1n) is 12.0. The van der Waals surface area contributed by atoms with Gasteiger partial charge in [-0.1, -0.05) is 6.07 Å². The Balaban J connectivity index is 1.25. The minimum Gasteiger partial charge on any atom is -0.493 e. The average Bonchev–Trinajstić information content (AvgIpc) is 3.17. The lowest BCUT2D eigenvalue weighted by molar-refractivity contribution is -0.000373. The van der Waals surface area contributed by atoms with Gasteiger partial charge in [-0.15, -0.1) is 0 Å². The van der Waals surface area contributed by atoms with Crippen LogP contribution in [0.3, 0.4) is 0 Å². The van der Waals surface area contributed by atoms with Crippen molar-refractivity contribution in [2.24, 2.45) is 0 Å². The number of piperazine rings is 1. The van der Waals surface area contributed by atoms with Crippen LogP contribution in [0.25, 0.3) is 0 Å². The molecule has 8 heteroatoms. The quantitative estimate of drug-likeness (QED) is 0.589. The molecule has 0 radical (unpaired) electrons. The maximum atomic E-state index is 11.2. The minimum absolute atomic E-state index is 0.609. The molecule has 1 aromatic rings. The number of benzene rings is 1. The molecule has 3 aliphatic heterocycles. The van der Waals surface area contributed by atoms with Crippen LogP contribution in [0.2, 0.25) is 0 Å². The van der Waals surface area contributed by atoms with Crippen LogP contribution in [-0.2, 0) is 11.3 Å². The molecule has 1 unspecified atom stereocenters. The molecule has 1 N–H and O–H groups in total. The molecule has 8 nitrogen and oxygen atoms in total. The third-order valence-electron chi connectivity index (χ3n) is 6.93. The molecule has 0 amide bonds. The Labute approximate surface area is 192 Å². The normalized spacial score (nSPS) is 26.5. The van der Waals surface area contributed by atoms with Crippen molar-refractivity contribution in [3.8, 4) is 11.5 Å². The van der Waals surface area contributed by atoms with Gasteiger partial charge in [-0.2, -0.15) is 0 Å². The smallest absolute Gasteiger partial charge is 0.161 e. The Kier molecular flexibility index (Phi) is 8.26. The van der Waals surface area contributed by atoms with Gasteiger partial charge in [0.25, 0.3) is 0 Å². The second-order valence-corrected chi connectivity index (χ2v) is 9.55. The highest BCUT2D eigenvalue weighted by atomic mass is 16.5. The highest BCUT2D eigenvalue weighted by Crippen LogP contribution is 2.30. The van der Waals surface area contributed by atoms with E-state index < -0.39 is 5.60 Å². The van der Waals surface area contributed by atoms with Gasteiger partial charge in [0, 0.05) is 72.0 Å². The van der Waals surface area contributed by atoms with Crippen LogP contribution in [0.5, 0.6) is 11.5 Å². The Morgan fingerprint density at radius 3 is 2.50 bits per heavy atom. The summed E-state index contributed by atoms with van der Waals surface area (Å²) in [6.07, 6.45) is 0.833. The van der Waals surface area contributed by atoms with Gasteiger partial charge in [0.05, 0.1) is 25.9 Å². The van der Waals surface area contributed by atoms with Crippen molar-refractivity contribution in [3.05, 3.63) is 23.8 Å². The summed E-state index contributed by atoms with van der Waals surface area (Å²) in [7, 11) is 3.86. The van der Waals surface area contributed by atoms with Crippen molar-refractivity contribution >= 4 is 0 Å². The molecule has 1 aromatic carbocycles. The molecule has 4 rings (SSSR count). The van der Waals surface area contributed by atoms with Gasteiger partial charge >= 0.3 is 0 Å². The maximum Gasteiger partial charge on any atom is 0.161 e. The number of likely N-dealkylation sites (N-methyl/N-ethyl adjacent to an activating group) is 1. The summed E-state index contributed by atoms with van der Waals surface area (Å²) in [6.45, 7) is 12.6. The third kappa shape index (κ3) is 6.56. The van der Waals surface area contributed by atoms with Crippen LogP contribution >= 0.6 is 0 Å². The zero-order chi connectivity index (χ0) is 22.4. The van der Waals surface area contributed by atoms with E-state index in [4.69, 9.17) is 14.2 Å². The van der Waals surface area contributed by atoms with Crippen LogP contribution in [0.4, 0.5) is 0 Å². The van der Waals surface area contributed by atoms with E-state index in [-0.39, 0.29) is 0 Å². The molecule has 1 atom stereocenters. The number of ether oxygens (including phenoxy) is 3. The number of hydrogen-bond acceptors (Lipinski definition) is 8. The summed E-state index contributed by atoms with van der Waals surface area (Å²) >= 11 is 0. The van der Waals surface area contributed by atoms with Crippen molar-refractivity contribution in [2.45, 2.75) is 18.6 Å². The van der Waals surface area contributed by atoms with Crippen LogP contribution in [0.15, 0.2) is 18.2 Å². The van der Waals surface area contributed by atoms with Crippen LogP contribution in [-0.4, -0.2) is 130 Å². The third-order valence-corrected chi connectivity index (χ3v) is 6.93. The Bertz CT molecular complexity index is 722. The molecule has 3 heterocycles. The average molecular weight is 449 g/mol. The number of hydrogen-bond donors (Lipinski definition) is 1. The molecular formula is C24H40N4O4. The Hall–Kier alpha value is -1.42. The maximum absolute atomic E-state index is 11.2. The summed E-state index contributed by atoms with van der Waals surface area (Å²) in [4.78, 5) is 9.48. The predicted octanol–water partition coefficient (Wildman–Crippen LogP) is 0.590. The van der Waals surface area contributed by atoms with E-state index in [9.17, 15) is 5.11 Å². The number of likely N-dealkylation sites (tertiary alicyclic amines) is 1. The topological polar surface area (TPSA) is 60.9 Å². The Morgan fingerprint density at radius 1 is 0.969 bits per heavy atom. The first kappa shape index (κ1) is 23.7. The monoisotopic (exact) mass is 448 g/mol. The summed E-state index contributed by atoms with van der Waals surface area (Å²) in [5, 5.41) is 11.2. The van der Waals surface area contributed by atoms with Gasteiger partial charge < -0.3 is 24.2 Å². The standard InChI is InChI=1S/C24H40N4O4/c1-25-7-9-27(10-8-25)19-24(29)5-6-28(20-24)18-21-3-4-22(23(17-21)30-2)32-16-13-26-11-14-31-15-12-26/h3-4,17,29H,5-16,18-20H2,1-2H3. The van der Waals surface area contributed by atoms with Crippen LogP contribution in [0.1, 0.15) is 12.0 Å². The second-order valence-electron chi connectivity index (χ2n) is 9.55. The highest BCUT2D eigenvalue weighted by Gasteiger charge is 2.37. The second kappa shape index (κ2) is 11.1. The van der Waals surface area contributed by atoms with Gasteiger partial charge in [-0.3, -0.25) is 14.7 Å². The van der Waals surface area contributed by atoms with E-state index in [1.54, 1.807) is 7.11 Å². The number of β-amino-alcohol motifs (C(OH)–C–C–N with tert-alkyl or cyclic N) is 1. The van der Waals surface area contributed by atoms with E-state index >= 15 is 0 Å². The van der Waals surface area contributed by atoms with E-state index in [2.05, 4.69) is 38.8 Å². The van der Waals surface area contributed by atoms with Crippen LogP contribution < -0.4 is 9.47 Å². The van der Waals surface area contributed by atoms with Crippen molar-refractivity contribution in [2.75, 3.05) is 99.4 Å². The lowest BCUT2D eigenvalue weighted by atomic mass is 10.0. The molecule has 0 saturated carbocycles. The van der Waals surface area contributed by atoms with Gasteiger partial charge in [-0.05, 0) is 31.2 Å². The van der Waals surface area contributed by atoms with Crippen molar-refractivity contribution in [1.82, 2.24) is 19.6 Å². The van der Waals surface area contributed by atoms with Gasteiger partial charge in [-0.25, -0.2) is 0 Å². The van der Waals surface area contributed by atoms with E-state index in [1.165, 1.54) is 5.56 Å². The first-order valence-corrected chi connectivity index (χ1v) is 12.0. The van der Waals surface area contributed by atoms with Crippen LogP contribution in [0, 0.1) is 0 Å². The van der Waals surface area contributed by atoms with Gasteiger partial charge in [0.15, 0.2) is 11.5 Å². The zero-order valence-corrected chi connectivity index (χ0v) is 19.8. The number of nitrogens with zero attached hydrogens (tertiary/aromatic N) is 4. The van der Waals surface area contributed by atoms with E-state index in [1.807, 2.05) is 6.07 Å². The summed E-state index contributed by atoms with van der Waals surface area (Å²) in [6, 6.07) is 6.20. The predicted molar refractivity (Wildman–Crippen MR) is 125 cm³/mol. The SMILES string of the molecule is COc1cc(CN2CCC(O)(CN3CCN(C)CC3)C2)ccc1OCCN1CCOCC1.